The minimum Gasteiger partial charge on any atom is -0.496 e. The predicted molar refractivity (Wildman–Crippen MR) is 97.9 cm³/mol. The molecule has 5 heteroatoms. The van der Waals surface area contributed by atoms with Crippen LogP contribution < -0.4 is 10.5 Å². The van der Waals surface area contributed by atoms with Crippen LogP contribution in [0.25, 0.3) is 10.8 Å². The van der Waals surface area contributed by atoms with E-state index in [1.165, 1.54) is 7.11 Å². The van der Waals surface area contributed by atoms with E-state index >= 15 is 0 Å². The second-order valence-corrected chi connectivity index (χ2v) is 6.38. The molecule has 0 radical (unpaired) electrons. The zero-order chi connectivity index (χ0) is 17.1. The van der Waals surface area contributed by atoms with Crippen LogP contribution in [0.15, 0.2) is 59.5 Å². The molecule has 122 valence electrons. The van der Waals surface area contributed by atoms with E-state index in [1.54, 1.807) is 23.9 Å². The molecule has 0 atom stereocenters. The van der Waals surface area contributed by atoms with Gasteiger partial charge < -0.3 is 15.6 Å². The topological polar surface area (TPSA) is 72.5 Å². The highest BCUT2D eigenvalue weighted by Crippen LogP contribution is 2.31. The number of carboxylic acids is 1. The first-order chi connectivity index (χ1) is 11.6. The van der Waals surface area contributed by atoms with Crippen LogP contribution in [0.5, 0.6) is 5.75 Å². The lowest BCUT2D eigenvalue weighted by Crippen LogP contribution is -2.00. The number of benzene rings is 3. The van der Waals surface area contributed by atoms with Crippen molar-refractivity contribution in [3.63, 3.8) is 0 Å². The average Bonchev–Trinajstić information content (AvgIpc) is 2.59. The molecular formula is C19H17NO3S. The molecule has 4 nitrogen and oxygen atoms in total. The summed E-state index contributed by atoms with van der Waals surface area (Å²) in [5.74, 6) is 0.137. The second-order valence-electron chi connectivity index (χ2n) is 5.37. The van der Waals surface area contributed by atoms with Gasteiger partial charge in [0.1, 0.15) is 11.3 Å². The number of fused-ring (bicyclic) bond motifs is 1. The molecule has 24 heavy (non-hydrogen) atoms. The van der Waals surface area contributed by atoms with Crippen molar-refractivity contribution in [3.8, 4) is 5.75 Å². The van der Waals surface area contributed by atoms with Crippen LogP contribution in [0.4, 0.5) is 5.69 Å². The third-order valence-electron chi connectivity index (χ3n) is 3.77. The minimum absolute atomic E-state index is 0.169. The van der Waals surface area contributed by atoms with Gasteiger partial charge in [-0.2, -0.15) is 0 Å². The lowest BCUT2D eigenvalue weighted by molar-refractivity contribution is 0.0693. The van der Waals surface area contributed by atoms with Gasteiger partial charge in [0.05, 0.1) is 7.11 Å². The molecule has 0 aliphatic carbocycles. The van der Waals surface area contributed by atoms with E-state index in [0.29, 0.717) is 5.75 Å². The first-order valence-corrected chi connectivity index (χ1v) is 8.38. The summed E-state index contributed by atoms with van der Waals surface area (Å²) in [5, 5.41) is 11.1. The number of nitrogen functional groups attached to an aromatic ring is 1. The molecule has 3 aromatic carbocycles. The molecule has 0 saturated heterocycles. The van der Waals surface area contributed by atoms with E-state index in [2.05, 4.69) is 0 Å². The molecule has 3 aromatic rings. The number of carbonyl (C=O) groups is 1. The molecule has 3 rings (SSSR count). The van der Waals surface area contributed by atoms with Gasteiger partial charge in [-0.1, -0.05) is 30.3 Å². The lowest BCUT2D eigenvalue weighted by atomic mass is 10.0. The molecular weight excluding hydrogens is 322 g/mol. The van der Waals surface area contributed by atoms with E-state index in [4.69, 9.17) is 10.5 Å². The molecule has 0 aromatic heterocycles. The largest absolute Gasteiger partial charge is 0.496 e. The second kappa shape index (κ2) is 6.84. The monoisotopic (exact) mass is 339 g/mol. The first kappa shape index (κ1) is 16.2. The number of hydrogen-bond acceptors (Lipinski definition) is 4. The number of thioether (sulfide) groups is 1. The Morgan fingerprint density at radius 1 is 1.12 bits per heavy atom. The number of para-hydroxylation sites is 1. The summed E-state index contributed by atoms with van der Waals surface area (Å²) < 4.78 is 5.16. The highest BCUT2D eigenvalue weighted by atomic mass is 32.2. The first-order valence-electron chi connectivity index (χ1n) is 7.40. The summed E-state index contributed by atoms with van der Waals surface area (Å²) in [4.78, 5) is 12.4. The summed E-state index contributed by atoms with van der Waals surface area (Å²) in [6.07, 6.45) is 0. The van der Waals surface area contributed by atoms with Crippen molar-refractivity contribution in [1.29, 1.82) is 0 Å². The van der Waals surface area contributed by atoms with Gasteiger partial charge in [-0.05, 0) is 40.6 Å². The van der Waals surface area contributed by atoms with E-state index < -0.39 is 5.97 Å². The third-order valence-corrected chi connectivity index (χ3v) is 4.93. The summed E-state index contributed by atoms with van der Waals surface area (Å²) in [6, 6.07) is 17.2. The summed E-state index contributed by atoms with van der Waals surface area (Å²) in [6.45, 7) is 0. The Hall–Kier alpha value is -2.66. The number of hydrogen-bond donors (Lipinski definition) is 2. The molecule has 0 aliphatic rings. The highest BCUT2D eigenvalue weighted by molar-refractivity contribution is 7.98. The van der Waals surface area contributed by atoms with Crippen LogP contribution in [-0.2, 0) is 5.75 Å². The van der Waals surface area contributed by atoms with Crippen LogP contribution >= 0.6 is 11.8 Å². The fourth-order valence-electron chi connectivity index (χ4n) is 2.53. The molecule has 0 spiro atoms. The molecule has 3 N–H and O–H groups in total. The zero-order valence-electron chi connectivity index (χ0n) is 13.2. The fraction of sp³-hybridized carbons (Fsp3) is 0.105. The normalized spacial score (nSPS) is 10.7. The minimum atomic E-state index is -0.995. The maximum atomic E-state index is 11.4. The Morgan fingerprint density at radius 2 is 1.92 bits per heavy atom. The SMILES string of the molecule is COc1cc2ccc(CSc3ccccc3N)cc2cc1C(=O)O. The van der Waals surface area contributed by atoms with Crippen LogP contribution in [0.2, 0.25) is 0 Å². The maximum absolute atomic E-state index is 11.4. The molecule has 0 fully saturated rings. The maximum Gasteiger partial charge on any atom is 0.339 e. The molecule has 0 unspecified atom stereocenters. The van der Waals surface area contributed by atoms with E-state index in [1.807, 2.05) is 42.5 Å². The van der Waals surface area contributed by atoms with Crippen LogP contribution in [0, 0.1) is 0 Å². The number of ether oxygens (including phenoxy) is 1. The number of anilines is 1. The molecule has 0 amide bonds. The van der Waals surface area contributed by atoms with E-state index in [-0.39, 0.29) is 5.56 Å². The predicted octanol–water partition coefficient (Wildman–Crippen LogP) is 4.42. The van der Waals surface area contributed by atoms with Crippen molar-refractivity contribution in [1.82, 2.24) is 0 Å². The van der Waals surface area contributed by atoms with Crippen LogP contribution in [-0.4, -0.2) is 18.2 Å². The van der Waals surface area contributed by atoms with Crippen LogP contribution in [0.1, 0.15) is 15.9 Å². The molecule has 0 bridgehead atoms. The number of methoxy groups -OCH3 is 1. The van der Waals surface area contributed by atoms with Crippen LogP contribution in [0.3, 0.4) is 0 Å². The summed E-state index contributed by atoms with van der Waals surface area (Å²) in [5.41, 5.74) is 8.00. The molecule has 0 heterocycles. The van der Waals surface area contributed by atoms with Gasteiger partial charge in [0, 0.05) is 16.3 Å². The van der Waals surface area contributed by atoms with Crippen molar-refractivity contribution in [2.45, 2.75) is 10.6 Å². The number of rotatable bonds is 5. The zero-order valence-corrected chi connectivity index (χ0v) is 14.0. The van der Waals surface area contributed by atoms with Crippen molar-refractivity contribution in [2.24, 2.45) is 0 Å². The Kier molecular flexibility index (Phi) is 4.62. The number of nitrogens with two attached hydrogens (primary N) is 1. The Labute approximate surface area is 144 Å². The quantitative estimate of drug-likeness (QED) is 0.532. The van der Waals surface area contributed by atoms with Gasteiger partial charge in [0.25, 0.3) is 0 Å². The smallest absolute Gasteiger partial charge is 0.339 e. The third kappa shape index (κ3) is 3.31. The molecule has 0 saturated carbocycles. The van der Waals surface area contributed by atoms with Crippen molar-refractivity contribution >= 4 is 34.2 Å². The van der Waals surface area contributed by atoms with E-state index in [0.717, 1.165) is 32.7 Å². The van der Waals surface area contributed by atoms with Gasteiger partial charge in [-0.25, -0.2) is 4.79 Å². The van der Waals surface area contributed by atoms with Crippen molar-refractivity contribution < 1.29 is 14.6 Å². The average molecular weight is 339 g/mol. The fourth-order valence-corrected chi connectivity index (χ4v) is 3.44. The number of carboxylic acid groups (broad SMARTS) is 1. The van der Waals surface area contributed by atoms with Gasteiger partial charge in [-0.3, -0.25) is 0 Å². The van der Waals surface area contributed by atoms with Gasteiger partial charge in [0.2, 0.25) is 0 Å². The van der Waals surface area contributed by atoms with Gasteiger partial charge >= 0.3 is 5.97 Å². The van der Waals surface area contributed by atoms with Gasteiger partial charge in [-0.15, -0.1) is 11.8 Å². The summed E-state index contributed by atoms with van der Waals surface area (Å²) in [7, 11) is 1.48. The highest BCUT2D eigenvalue weighted by Gasteiger charge is 2.12. The number of aromatic carboxylic acids is 1. The lowest BCUT2D eigenvalue weighted by Gasteiger charge is -2.09. The van der Waals surface area contributed by atoms with Crippen molar-refractivity contribution in [3.05, 3.63) is 65.7 Å². The van der Waals surface area contributed by atoms with E-state index in [9.17, 15) is 9.90 Å². The standard InChI is InChI=1S/C19H17NO3S/c1-23-17-10-13-7-6-12(8-14(13)9-15(17)19(21)22)11-24-18-5-3-2-4-16(18)20/h2-10H,11,20H2,1H3,(H,21,22). The van der Waals surface area contributed by atoms with Gasteiger partial charge in [0.15, 0.2) is 0 Å². The molecule has 0 aliphatic heterocycles. The van der Waals surface area contributed by atoms with Crippen molar-refractivity contribution in [2.75, 3.05) is 12.8 Å². The summed E-state index contributed by atoms with van der Waals surface area (Å²) >= 11 is 1.66. The Balaban J connectivity index is 1.90. The Bertz CT molecular complexity index is 908. The Morgan fingerprint density at radius 3 is 2.62 bits per heavy atom.